The molecule has 138 valence electrons. The molecule has 2 aromatic heterocycles. The quantitative estimate of drug-likeness (QED) is 0.679. The van der Waals surface area contributed by atoms with Crippen LogP contribution in [0.1, 0.15) is 44.0 Å². The lowest BCUT2D eigenvalue weighted by Gasteiger charge is -2.38. The molecule has 6 heteroatoms. The topological polar surface area (TPSA) is 58.3 Å². The molecule has 26 heavy (non-hydrogen) atoms. The van der Waals surface area contributed by atoms with Gasteiger partial charge in [-0.1, -0.05) is 12.5 Å². The fraction of sp³-hybridized carbons (Fsp3) is 0.550. The maximum Gasteiger partial charge on any atom is 0.194 e. The summed E-state index contributed by atoms with van der Waals surface area (Å²) >= 11 is 0. The van der Waals surface area contributed by atoms with Gasteiger partial charge in [-0.2, -0.15) is 0 Å². The minimum atomic E-state index is 0.585. The van der Waals surface area contributed by atoms with Crippen LogP contribution in [0.2, 0.25) is 0 Å². The van der Waals surface area contributed by atoms with E-state index in [1.54, 1.807) is 6.20 Å². The minimum Gasteiger partial charge on any atom is -0.357 e. The number of aliphatic imine (C=N–C) groups is 1. The monoisotopic (exact) mass is 352 g/mol. The smallest absolute Gasteiger partial charge is 0.194 e. The van der Waals surface area contributed by atoms with Crippen molar-refractivity contribution in [1.82, 2.24) is 24.8 Å². The summed E-state index contributed by atoms with van der Waals surface area (Å²) in [7, 11) is 0. The number of guanidine groups is 1. The molecule has 0 atom stereocenters. The highest BCUT2D eigenvalue weighted by Gasteiger charge is 2.43. The Morgan fingerprint density at radius 1 is 1.27 bits per heavy atom. The number of nitrogens with one attached hydrogen (secondary N) is 1. The first-order valence-corrected chi connectivity index (χ1v) is 9.68. The molecule has 0 radical (unpaired) electrons. The molecule has 0 aromatic carbocycles. The molecule has 1 aliphatic heterocycles. The van der Waals surface area contributed by atoms with E-state index >= 15 is 0 Å². The van der Waals surface area contributed by atoms with Gasteiger partial charge in [0, 0.05) is 38.2 Å². The number of aromatic nitrogens is 3. The van der Waals surface area contributed by atoms with Crippen LogP contribution in [0, 0.1) is 12.3 Å². The normalized spacial score (nSPS) is 19.0. The second-order valence-corrected chi connectivity index (χ2v) is 7.56. The third-order valence-corrected chi connectivity index (χ3v) is 5.78. The maximum absolute atomic E-state index is 4.87. The zero-order valence-corrected chi connectivity index (χ0v) is 15.8. The van der Waals surface area contributed by atoms with Gasteiger partial charge in [-0.15, -0.1) is 0 Å². The summed E-state index contributed by atoms with van der Waals surface area (Å²) in [6.45, 7) is 7.96. The molecule has 4 rings (SSSR count). The lowest BCUT2D eigenvalue weighted by Crippen LogP contribution is -2.42. The van der Waals surface area contributed by atoms with Gasteiger partial charge in [0.25, 0.3) is 0 Å². The van der Waals surface area contributed by atoms with Crippen LogP contribution in [0.5, 0.6) is 0 Å². The van der Waals surface area contributed by atoms with Gasteiger partial charge in [-0.3, -0.25) is 4.57 Å². The fourth-order valence-corrected chi connectivity index (χ4v) is 4.07. The predicted octanol–water partition coefficient (Wildman–Crippen LogP) is 2.92. The van der Waals surface area contributed by atoms with Gasteiger partial charge in [-0.05, 0) is 50.2 Å². The number of rotatable bonds is 4. The molecule has 2 aliphatic rings. The second kappa shape index (κ2) is 7.09. The van der Waals surface area contributed by atoms with Crippen molar-refractivity contribution < 1.29 is 0 Å². The van der Waals surface area contributed by atoms with E-state index < -0.39 is 0 Å². The molecule has 6 nitrogen and oxygen atoms in total. The van der Waals surface area contributed by atoms with Crippen molar-refractivity contribution in [2.75, 3.05) is 19.6 Å². The first-order valence-electron chi connectivity index (χ1n) is 9.68. The van der Waals surface area contributed by atoms with E-state index in [1.807, 2.05) is 30.0 Å². The van der Waals surface area contributed by atoms with E-state index in [0.717, 1.165) is 42.8 Å². The van der Waals surface area contributed by atoms with E-state index in [0.29, 0.717) is 12.0 Å². The van der Waals surface area contributed by atoms with E-state index in [-0.39, 0.29) is 0 Å². The molecule has 1 N–H and O–H groups in total. The van der Waals surface area contributed by atoms with E-state index in [1.165, 1.54) is 25.7 Å². The summed E-state index contributed by atoms with van der Waals surface area (Å²) in [4.78, 5) is 16.1. The second-order valence-electron chi connectivity index (χ2n) is 7.56. The average molecular weight is 352 g/mol. The van der Waals surface area contributed by atoms with Gasteiger partial charge in [0.2, 0.25) is 0 Å². The molecule has 2 aromatic rings. The molecule has 2 fully saturated rings. The summed E-state index contributed by atoms with van der Waals surface area (Å²) in [5.41, 5.74) is 1.71. The Bertz CT molecular complexity index is 772. The lowest BCUT2D eigenvalue weighted by atomic mass is 9.68. The zero-order valence-electron chi connectivity index (χ0n) is 15.8. The van der Waals surface area contributed by atoms with Crippen molar-refractivity contribution in [3.05, 3.63) is 42.1 Å². The Kier molecular flexibility index (Phi) is 4.66. The van der Waals surface area contributed by atoms with Crippen LogP contribution in [0.3, 0.4) is 0 Å². The molecular weight excluding hydrogens is 324 g/mol. The SMILES string of the molecule is CCNC(=NCc1ccc(-n2ccnc2C)nc1)N1CCC2(CCC2)C1. The van der Waals surface area contributed by atoms with Crippen LogP contribution in [0.25, 0.3) is 5.82 Å². The van der Waals surface area contributed by atoms with Gasteiger partial charge >= 0.3 is 0 Å². The highest BCUT2D eigenvalue weighted by atomic mass is 15.3. The van der Waals surface area contributed by atoms with Crippen LogP contribution in [-0.4, -0.2) is 45.0 Å². The Balaban J connectivity index is 1.44. The summed E-state index contributed by atoms with van der Waals surface area (Å²) in [5.74, 6) is 2.88. The first kappa shape index (κ1) is 17.1. The molecule has 3 heterocycles. The van der Waals surface area contributed by atoms with Crippen molar-refractivity contribution in [2.24, 2.45) is 10.4 Å². The van der Waals surface area contributed by atoms with Crippen LogP contribution >= 0.6 is 0 Å². The summed E-state index contributed by atoms with van der Waals surface area (Å²) in [6, 6.07) is 4.14. The number of hydrogen-bond acceptors (Lipinski definition) is 3. The third kappa shape index (κ3) is 3.32. The fourth-order valence-electron chi connectivity index (χ4n) is 4.07. The van der Waals surface area contributed by atoms with E-state index in [2.05, 4.69) is 33.2 Å². The van der Waals surface area contributed by atoms with Gasteiger partial charge in [0.15, 0.2) is 5.96 Å². The minimum absolute atomic E-state index is 0.585. The summed E-state index contributed by atoms with van der Waals surface area (Å²) < 4.78 is 1.99. The lowest BCUT2D eigenvalue weighted by molar-refractivity contribution is 0.151. The molecule has 0 amide bonds. The zero-order chi connectivity index (χ0) is 18.0. The Hall–Kier alpha value is -2.37. The Labute approximate surface area is 155 Å². The Morgan fingerprint density at radius 2 is 2.15 bits per heavy atom. The molecule has 1 spiro atoms. The number of likely N-dealkylation sites (tertiary alicyclic amines) is 1. The van der Waals surface area contributed by atoms with Gasteiger partial charge in [0.1, 0.15) is 11.6 Å². The molecule has 0 bridgehead atoms. The highest BCUT2D eigenvalue weighted by molar-refractivity contribution is 5.80. The average Bonchev–Trinajstić information content (AvgIpc) is 3.26. The molecule has 1 aliphatic carbocycles. The van der Waals surface area contributed by atoms with Gasteiger partial charge in [-0.25, -0.2) is 15.0 Å². The number of hydrogen-bond donors (Lipinski definition) is 1. The van der Waals surface area contributed by atoms with Crippen LogP contribution < -0.4 is 5.32 Å². The van der Waals surface area contributed by atoms with Gasteiger partial charge in [0.05, 0.1) is 6.54 Å². The van der Waals surface area contributed by atoms with Gasteiger partial charge < -0.3 is 10.2 Å². The number of imidazole rings is 1. The molecule has 0 unspecified atom stereocenters. The van der Waals surface area contributed by atoms with Crippen molar-refractivity contribution in [3.63, 3.8) is 0 Å². The van der Waals surface area contributed by atoms with Crippen molar-refractivity contribution in [2.45, 2.75) is 46.1 Å². The predicted molar refractivity (Wildman–Crippen MR) is 103 cm³/mol. The van der Waals surface area contributed by atoms with Crippen LogP contribution in [0.4, 0.5) is 0 Å². The van der Waals surface area contributed by atoms with Crippen molar-refractivity contribution in [1.29, 1.82) is 0 Å². The molecule has 1 saturated heterocycles. The van der Waals surface area contributed by atoms with Crippen LogP contribution in [-0.2, 0) is 6.54 Å². The molecule has 1 saturated carbocycles. The number of pyridine rings is 1. The summed E-state index contributed by atoms with van der Waals surface area (Å²) in [6.07, 6.45) is 11.1. The standard InChI is InChI=1S/C20H28N6/c1-3-21-19(25-11-9-20(15-25)7-4-8-20)24-14-17-5-6-18(23-13-17)26-12-10-22-16(26)2/h5-6,10,12-13H,3-4,7-9,11,14-15H2,1-2H3,(H,21,24). The largest absolute Gasteiger partial charge is 0.357 e. The first-order chi connectivity index (χ1) is 12.7. The van der Waals surface area contributed by atoms with Crippen molar-refractivity contribution in [3.8, 4) is 5.82 Å². The highest BCUT2D eigenvalue weighted by Crippen LogP contribution is 2.47. The Morgan fingerprint density at radius 3 is 2.73 bits per heavy atom. The maximum atomic E-state index is 4.87. The van der Waals surface area contributed by atoms with E-state index in [9.17, 15) is 0 Å². The number of nitrogens with zero attached hydrogens (tertiary/aromatic N) is 5. The van der Waals surface area contributed by atoms with Crippen molar-refractivity contribution >= 4 is 5.96 Å². The number of aryl methyl sites for hydroxylation is 1. The third-order valence-electron chi connectivity index (χ3n) is 5.78. The summed E-state index contributed by atoms with van der Waals surface area (Å²) in [5, 5.41) is 3.47. The van der Waals surface area contributed by atoms with E-state index in [4.69, 9.17) is 4.99 Å². The molecular formula is C20H28N6. The van der Waals surface area contributed by atoms with Crippen LogP contribution in [0.15, 0.2) is 35.7 Å².